The Bertz CT molecular complexity index is 1190. The lowest BCUT2D eigenvalue weighted by atomic mass is 10.0. The maximum Gasteiger partial charge on any atom is 0.280 e. The van der Waals surface area contributed by atoms with Gasteiger partial charge in [0, 0.05) is 24.0 Å². The molecule has 0 radical (unpaired) electrons. The van der Waals surface area contributed by atoms with Crippen LogP contribution >= 0.6 is 0 Å². The molecule has 27 heavy (non-hydrogen) atoms. The van der Waals surface area contributed by atoms with Crippen LogP contribution in [0.2, 0.25) is 0 Å². The molecule has 0 N–H and O–H groups in total. The van der Waals surface area contributed by atoms with Crippen LogP contribution in [0.25, 0.3) is 22.2 Å². The fourth-order valence-corrected chi connectivity index (χ4v) is 2.84. The van der Waals surface area contributed by atoms with Gasteiger partial charge in [0.25, 0.3) is 5.56 Å². The van der Waals surface area contributed by atoms with Crippen LogP contribution in [0.3, 0.4) is 0 Å². The van der Waals surface area contributed by atoms with Gasteiger partial charge in [-0.05, 0) is 35.4 Å². The number of pyridine rings is 2. The van der Waals surface area contributed by atoms with Crippen molar-refractivity contribution in [2.24, 2.45) is 0 Å². The maximum atomic E-state index is 14.7. The zero-order valence-corrected chi connectivity index (χ0v) is 14.5. The lowest BCUT2D eigenvalue weighted by Crippen LogP contribution is -2.22. The molecule has 0 spiro atoms. The van der Waals surface area contributed by atoms with Crippen molar-refractivity contribution in [2.45, 2.75) is 6.54 Å². The Morgan fingerprint density at radius 1 is 1.04 bits per heavy atom. The number of aromatic nitrogens is 4. The smallest absolute Gasteiger partial charge is 0.280 e. The highest BCUT2D eigenvalue weighted by Crippen LogP contribution is 2.24. The fraction of sp³-hybridized carbons (Fsp3) is 0.100. The molecule has 0 fully saturated rings. The van der Waals surface area contributed by atoms with Crippen molar-refractivity contribution >= 4 is 11.0 Å². The summed E-state index contributed by atoms with van der Waals surface area (Å²) in [6.07, 6.45) is 4.55. The predicted molar refractivity (Wildman–Crippen MR) is 99.1 cm³/mol. The van der Waals surface area contributed by atoms with Crippen LogP contribution in [0.15, 0.2) is 66.0 Å². The standard InChI is InChI=1S/C20H15FN4O2/c1-27-18-10-14(6-8-22-18)13-4-5-15(16(21)9-13)11-25-12-24-17-3-2-7-23-19(17)20(25)26/h2-10,12H,11H2,1H3. The van der Waals surface area contributed by atoms with Crippen molar-refractivity contribution in [3.8, 4) is 17.0 Å². The normalized spacial score (nSPS) is 10.9. The van der Waals surface area contributed by atoms with Crippen molar-refractivity contribution < 1.29 is 9.13 Å². The van der Waals surface area contributed by atoms with Crippen LogP contribution in [0.5, 0.6) is 5.88 Å². The Labute approximate surface area is 153 Å². The summed E-state index contributed by atoms with van der Waals surface area (Å²) in [6, 6.07) is 11.8. The number of ether oxygens (including phenoxy) is 1. The number of fused-ring (bicyclic) bond motifs is 1. The third-order valence-corrected chi connectivity index (χ3v) is 4.26. The van der Waals surface area contributed by atoms with E-state index in [4.69, 9.17) is 4.74 Å². The van der Waals surface area contributed by atoms with E-state index in [-0.39, 0.29) is 17.6 Å². The molecule has 134 valence electrons. The summed E-state index contributed by atoms with van der Waals surface area (Å²) in [6.45, 7) is 0.0735. The molecule has 0 bridgehead atoms. The molecule has 3 aromatic heterocycles. The van der Waals surface area contributed by atoms with Crippen LogP contribution in [-0.2, 0) is 6.54 Å². The van der Waals surface area contributed by atoms with E-state index in [9.17, 15) is 9.18 Å². The summed E-state index contributed by atoms with van der Waals surface area (Å²) in [5.74, 6) is 0.0505. The summed E-state index contributed by atoms with van der Waals surface area (Å²) in [4.78, 5) is 24.8. The Morgan fingerprint density at radius 2 is 1.89 bits per heavy atom. The zero-order valence-electron chi connectivity index (χ0n) is 14.5. The molecule has 1 aromatic carbocycles. The van der Waals surface area contributed by atoms with E-state index in [0.717, 1.165) is 5.56 Å². The van der Waals surface area contributed by atoms with E-state index in [0.29, 0.717) is 22.5 Å². The minimum absolute atomic E-state index is 0.0735. The van der Waals surface area contributed by atoms with Gasteiger partial charge in [-0.3, -0.25) is 9.36 Å². The number of methoxy groups -OCH3 is 1. The first-order chi connectivity index (χ1) is 13.2. The molecule has 0 saturated heterocycles. The highest BCUT2D eigenvalue weighted by Gasteiger charge is 2.10. The maximum absolute atomic E-state index is 14.7. The number of benzene rings is 1. The van der Waals surface area contributed by atoms with Crippen LogP contribution < -0.4 is 10.3 Å². The molecular weight excluding hydrogens is 347 g/mol. The van der Waals surface area contributed by atoms with Crippen molar-refractivity contribution in [2.75, 3.05) is 7.11 Å². The number of nitrogens with zero attached hydrogens (tertiary/aromatic N) is 4. The molecule has 3 heterocycles. The minimum atomic E-state index is -0.406. The summed E-state index contributed by atoms with van der Waals surface area (Å²) >= 11 is 0. The molecule has 4 aromatic rings. The van der Waals surface area contributed by atoms with Crippen molar-refractivity contribution in [1.29, 1.82) is 0 Å². The topological polar surface area (TPSA) is 69.9 Å². The first-order valence-corrected chi connectivity index (χ1v) is 8.25. The number of rotatable bonds is 4. The molecule has 7 heteroatoms. The zero-order chi connectivity index (χ0) is 18.8. The summed E-state index contributed by atoms with van der Waals surface area (Å²) < 4.78 is 21.1. The van der Waals surface area contributed by atoms with Crippen LogP contribution in [0, 0.1) is 5.82 Å². The van der Waals surface area contributed by atoms with Crippen molar-refractivity contribution in [3.05, 3.63) is 82.9 Å². The predicted octanol–water partition coefficient (Wildman–Crippen LogP) is 3.05. The van der Waals surface area contributed by atoms with Gasteiger partial charge in [0.15, 0.2) is 5.52 Å². The first-order valence-electron chi connectivity index (χ1n) is 8.25. The summed E-state index contributed by atoms with van der Waals surface area (Å²) in [7, 11) is 1.53. The van der Waals surface area contributed by atoms with E-state index < -0.39 is 5.82 Å². The van der Waals surface area contributed by atoms with E-state index >= 15 is 0 Å². The summed E-state index contributed by atoms with van der Waals surface area (Å²) in [5.41, 5.74) is 2.35. The Kier molecular flexibility index (Phi) is 4.33. The second kappa shape index (κ2) is 6.95. The second-order valence-corrected chi connectivity index (χ2v) is 5.94. The van der Waals surface area contributed by atoms with Crippen molar-refractivity contribution in [1.82, 2.24) is 19.5 Å². The highest BCUT2D eigenvalue weighted by molar-refractivity contribution is 5.72. The molecule has 0 saturated carbocycles. The van der Waals surface area contributed by atoms with Gasteiger partial charge in [-0.1, -0.05) is 12.1 Å². The fourth-order valence-electron chi connectivity index (χ4n) is 2.84. The largest absolute Gasteiger partial charge is 0.481 e. The monoisotopic (exact) mass is 362 g/mol. The van der Waals surface area contributed by atoms with E-state index in [1.54, 1.807) is 42.6 Å². The van der Waals surface area contributed by atoms with Crippen molar-refractivity contribution in [3.63, 3.8) is 0 Å². The lowest BCUT2D eigenvalue weighted by Gasteiger charge is -2.09. The molecule has 0 unspecified atom stereocenters. The van der Waals surface area contributed by atoms with Gasteiger partial charge in [-0.2, -0.15) is 0 Å². The Hall–Kier alpha value is -3.61. The molecular formula is C20H15FN4O2. The van der Waals surface area contributed by atoms with E-state index in [1.165, 1.54) is 30.3 Å². The third kappa shape index (κ3) is 3.27. The number of hydrogen-bond acceptors (Lipinski definition) is 5. The average molecular weight is 362 g/mol. The van der Waals surface area contributed by atoms with Gasteiger partial charge in [-0.25, -0.2) is 19.3 Å². The van der Waals surface area contributed by atoms with Gasteiger partial charge in [0.05, 0.1) is 25.5 Å². The van der Waals surface area contributed by atoms with Gasteiger partial charge >= 0.3 is 0 Å². The summed E-state index contributed by atoms with van der Waals surface area (Å²) in [5, 5.41) is 0. The quantitative estimate of drug-likeness (QED) is 0.558. The average Bonchev–Trinajstić information content (AvgIpc) is 2.71. The Balaban J connectivity index is 1.67. The molecule has 0 aliphatic carbocycles. The van der Waals surface area contributed by atoms with Gasteiger partial charge in [-0.15, -0.1) is 0 Å². The molecule has 6 nitrogen and oxygen atoms in total. The van der Waals surface area contributed by atoms with Crippen LogP contribution in [0.4, 0.5) is 4.39 Å². The lowest BCUT2D eigenvalue weighted by molar-refractivity contribution is 0.398. The molecule has 4 rings (SSSR count). The minimum Gasteiger partial charge on any atom is -0.481 e. The Morgan fingerprint density at radius 3 is 2.70 bits per heavy atom. The third-order valence-electron chi connectivity index (χ3n) is 4.26. The van der Waals surface area contributed by atoms with Crippen LogP contribution in [-0.4, -0.2) is 26.6 Å². The SMILES string of the molecule is COc1cc(-c2ccc(Cn3cnc4cccnc4c3=O)c(F)c2)ccn1. The highest BCUT2D eigenvalue weighted by atomic mass is 19.1. The van der Waals surface area contributed by atoms with E-state index in [2.05, 4.69) is 15.0 Å². The number of hydrogen-bond donors (Lipinski definition) is 0. The molecule has 0 amide bonds. The second-order valence-electron chi connectivity index (χ2n) is 5.94. The van der Waals surface area contributed by atoms with Gasteiger partial charge in [0.1, 0.15) is 5.82 Å². The first kappa shape index (κ1) is 16.8. The van der Waals surface area contributed by atoms with Gasteiger partial charge < -0.3 is 4.74 Å². The van der Waals surface area contributed by atoms with E-state index in [1.807, 2.05) is 0 Å². The van der Waals surface area contributed by atoms with Crippen LogP contribution in [0.1, 0.15) is 5.56 Å². The molecule has 0 atom stereocenters. The molecule has 0 aliphatic rings. The molecule has 0 aliphatic heterocycles. The number of halogens is 1. The van der Waals surface area contributed by atoms with Gasteiger partial charge in [0.2, 0.25) is 5.88 Å².